The third-order valence-electron chi connectivity index (χ3n) is 3.37. The molecular weight excluding hydrogens is 198 g/mol. The van der Waals surface area contributed by atoms with E-state index in [4.69, 9.17) is 0 Å². The topological polar surface area (TPSA) is 29.1 Å². The van der Waals surface area contributed by atoms with Crippen LogP contribution in [-0.4, -0.2) is 11.9 Å². The molecule has 2 unspecified atom stereocenters. The molecule has 0 aromatic rings. The van der Waals surface area contributed by atoms with Crippen LogP contribution in [0.15, 0.2) is 11.6 Å². The molecule has 1 amide bonds. The van der Waals surface area contributed by atoms with E-state index in [1.54, 1.807) is 0 Å². The molecular formula is C14H25NO. The van der Waals surface area contributed by atoms with E-state index in [0.717, 1.165) is 19.3 Å². The molecule has 1 N–H and O–H groups in total. The van der Waals surface area contributed by atoms with Gasteiger partial charge in [-0.1, -0.05) is 18.6 Å². The Morgan fingerprint density at radius 1 is 1.50 bits per heavy atom. The fourth-order valence-electron chi connectivity index (χ4n) is 2.17. The number of hydrogen-bond donors (Lipinski definition) is 1. The van der Waals surface area contributed by atoms with Crippen molar-refractivity contribution in [1.29, 1.82) is 0 Å². The minimum absolute atomic E-state index is 0.245. The Labute approximate surface area is 99.5 Å². The lowest BCUT2D eigenvalue weighted by atomic mass is 9.98. The zero-order chi connectivity index (χ0) is 12.3. The highest BCUT2D eigenvalue weighted by Gasteiger charge is 2.53. The Morgan fingerprint density at radius 2 is 2.12 bits per heavy atom. The summed E-state index contributed by atoms with van der Waals surface area (Å²) in [4.78, 5) is 11.8. The van der Waals surface area contributed by atoms with E-state index >= 15 is 0 Å². The number of carbonyl (C=O) groups is 1. The second kappa shape index (κ2) is 5.03. The first kappa shape index (κ1) is 13.3. The second-order valence-corrected chi connectivity index (χ2v) is 5.89. The average Bonchev–Trinajstić information content (AvgIpc) is 2.76. The van der Waals surface area contributed by atoms with Crippen molar-refractivity contribution in [1.82, 2.24) is 5.32 Å². The summed E-state index contributed by atoms with van der Waals surface area (Å²) in [7, 11) is 0. The molecule has 1 fully saturated rings. The summed E-state index contributed by atoms with van der Waals surface area (Å²) in [5.41, 5.74) is 1.62. The Kier molecular flexibility index (Phi) is 4.17. The van der Waals surface area contributed by atoms with Gasteiger partial charge in [0.1, 0.15) is 0 Å². The first-order valence-electron chi connectivity index (χ1n) is 6.29. The van der Waals surface area contributed by atoms with E-state index in [2.05, 4.69) is 32.2 Å². The van der Waals surface area contributed by atoms with Crippen LogP contribution >= 0.6 is 0 Å². The fourth-order valence-corrected chi connectivity index (χ4v) is 2.17. The Bertz CT molecular complexity index is 289. The predicted octanol–water partition coefficient (Wildman–Crippen LogP) is 3.28. The minimum Gasteiger partial charge on any atom is -0.354 e. The Balaban J connectivity index is 2.35. The molecule has 2 atom stereocenters. The van der Waals surface area contributed by atoms with Crippen LogP contribution in [0.25, 0.3) is 0 Å². The molecule has 2 nitrogen and oxygen atoms in total. The highest BCUT2D eigenvalue weighted by Crippen LogP contribution is 2.55. The molecule has 0 saturated heterocycles. The molecule has 1 rings (SSSR count). The van der Waals surface area contributed by atoms with E-state index in [0.29, 0.717) is 0 Å². The number of rotatable bonds is 5. The molecule has 0 aliphatic heterocycles. The maximum Gasteiger partial charge on any atom is 0.223 e. The summed E-state index contributed by atoms with van der Waals surface area (Å²) >= 11 is 0. The summed E-state index contributed by atoms with van der Waals surface area (Å²) in [6, 6.07) is 0.259. The van der Waals surface area contributed by atoms with Crippen LogP contribution in [0.2, 0.25) is 0 Å². The van der Waals surface area contributed by atoms with Gasteiger partial charge in [-0.3, -0.25) is 4.79 Å². The van der Waals surface area contributed by atoms with Crippen molar-refractivity contribution in [2.24, 2.45) is 11.3 Å². The summed E-state index contributed by atoms with van der Waals surface area (Å²) < 4.78 is 0. The molecule has 2 heteroatoms. The van der Waals surface area contributed by atoms with E-state index < -0.39 is 0 Å². The van der Waals surface area contributed by atoms with E-state index in [1.807, 2.05) is 13.8 Å². The smallest absolute Gasteiger partial charge is 0.223 e. The molecule has 92 valence electrons. The van der Waals surface area contributed by atoms with Crippen molar-refractivity contribution in [2.45, 2.75) is 59.9 Å². The van der Waals surface area contributed by atoms with E-state index in [9.17, 15) is 4.79 Å². The van der Waals surface area contributed by atoms with Crippen LogP contribution in [0, 0.1) is 11.3 Å². The van der Waals surface area contributed by atoms with Crippen LogP contribution in [0.5, 0.6) is 0 Å². The third kappa shape index (κ3) is 3.66. The number of amides is 1. The van der Waals surface area contributed by atoms with Gasteiger partial charge >= 0.3 is 0 Å². The van der Waals surface area contributed by atoms with Crippen LogP contribution in [0.1, 0.15) is 53.9 Å². The quantitative estimate of drug-likeness (QED) is 0.712. The normalized spacial score (nSPS) is 27.8. The highest BCUT2D eigenvalue weighted by atomic mass is 16.2. The predicted molar refractivity (Wildman–Crippen MR) is 68.2 cm³/mol. The van der Waals surface area contributed by atoms with Crippen molar-refractivity contribution in [3.05, 3.63) is 11.6 Å². The van der Waals surface area contributed by atoms with Crippen molar-refractivity contribution in [2.75, 3.05) is 0 Å². The van der Waals surface area contributed by atoms with Crippen LogP contribution in [-0.2, 0) is 4.79 Å². The zero-order valence-corrected chi connectivity index (χ0v) is 11.3. The second-order valence-electron chi connectivity index (χ2n) is 5.89. The lowest BCUT2D eigenvalue weighted by molar-refractivity contribution is -0.123. The maximum atomic E-state index is 11.8. The lowest BCUT2D eigenvalue weighted by Crippen LogP contribution is -2.32. The van der Waals surface area contributed by atoms with Crippen molar-refractivity contribution in [3.63, 3.8) is 0 Å². The van der Waals surface area contributed by atoms with E-state index in [-0.39, 0.29) is 23.3 Å². The standard InChI is InChI=1S/C14H25NO/c1-10(2)7-6-8-14(5)9-12(14)13(16)15-11(3)4/h7,11-12H,6,8-9H2,1-5H3,(H,15,16). The number of allylic oxidation sites excluding steroid dienone is 2. The van der Waals surface area contributed by atoms with Gasteiger partial charge in [0.15, 0.2) is 0 Å². The number of carbonyl (C=O) groups excluding carboxylic acids is 1. The molecule has 0 spiro atoms. The van der Waals surface area contributed by atoms with Gasteiger partial charge in [-0.25, -0.2) is 0 Å². The summed E-state index contributed by atoms with van der Waals surface area (Å²) in [5, 5.41) is 3.00. The van der Waals surface area contributed by atoms with Crippen molar-refractivity contribution >= 4 is 5.91 Å². The molecule has 1 aliphatic carbocycles. The third-order valence-corrected chi connectivity index (χ3v) is 3.37. The van der Waals surface area contributed by atoms with Gasteiger partial charge in [0.2, 0.25) is 5.91 Å². The lowest BCUT2D eigenvalue weighted by Gasteiger charge is -2.12. The summed E-state index contributed by atoms with van der Waals surface area (Å²) in [5.74, 6) is 0.496. The van der Waals surface area contributed by atoms with Gasteiger partial charge in [0.05, 0.1) is 0 Å². The van der Waals surface area contributed by atoms with Gasteiger partial charge in [0, 0.05) is 12.0 Å². The van der Waals surface area contributed by atoms with Gasteiger partial charge in [-0.05, 0) is 52.4 Å². The van der Waals surface area contributed by atoms with Gasteiger partial charge in [0.25, 0.3) is 0 Å². The molecule has 1 aliphatic rings. The Hall–Kier alpha value is -0.790. The highest BCUT2D eigenvalue weighted by molar-refractivity contribution is 5.82. The van der Waals surface area contributed by atoms with Crippen molar-refractivity contribution < 1.29 is 4.79 Å². The number of hydrogen-bond acceptors (Lipinski definition) is 1. The largest absolute Gasteiger partial charge is 0.354 e. The summed E-state index contributed by atoms with van der Waals surface area (Å²) in [6.07, 6.45) is 5.56. The first-order chi connectivity index (χ1) is 7.35. The van der Waals surface area contributed by atoms with Gasteiger partial charge in [-0.15, -0.1) is 0 Å². The molecule has 1 saturated carbocycles. The maximum absolute atomic E-state index is 11.8. The fraction of sp³-hybridized carbons (Fsp3) is 0.786. The zero-order valence-electron chi connectivity index (χ0n) is 11.3. The van der Waals surface area contributed by atoms with E-state index in [1.165, 1.54) is 5.57 Å². The minimum atomic E-state index is 0.245. The van der Waals surface area contributed by atoms with Crippen LogP contribution in [0.4, 0.5) is 0 Å². The molecule has 0 aromatic carbocycles. The number of nitrogens with one attached hydrogen (secondary N) is 1. The molecule has 0 aromatic heterocycles. The summed E-state index contributed by atoms with van der Waals surface area (Å²) in [6.45, 7) is 10.5. The molecule has 0 bridgehead atoms. The van der Waals surface area contributed by atoms with Crippen LogP contribution < -0.4 is 5.32 Å². The Morgan fingerprint density at radius 3 is 2.62 bits per heavy atom. The van der Waals surface area contributed by atoms with Crippen LogP contribution in [0.3, 0.4) is 0 Å². The van der Waals surface area contributed by atoms with Gasteiger partial charge in [-0.2, -0.15) is 0 Å². The average molecular weight is 223 g/mol. The monoisotopic (exact) mass is 223 g/mol. The van der Waals surface area contributed by atoms with Gasteiger partial charge < -0.3 is 5.32 Å². The molecule has 0 radical (unpaired) electrons. The molecule has 16 heavy (non-hydrogen) atoms. The first-order valence-corrected chi connectivity index (χ1v) is 6.29. The SMILES string of the molecule is CC(C)=CCCC1(C)CC1C(=O)NC(C)C. The molecule has 0 heterocycles. The van der Waals surface area contributed by atoms with Crippen molar-refractivity contribution in [3.8, 4) is 0 Å².